The van der Waals surface area contributed by atoms with Gasteiger partial charge in [0, 0.05) is 31.0 Å². The van der Waals surface area contributed by atoms with E-state index < -0.39 is 0 Å². The van der Waals surface area contributed by atoms with Crippen LogP contribution in [-0.2, 0) is 4.74 Å². The summed E-state index contributed by atoms with van der Waals surface area (Å²) >= 11 is 0. The highest BCUT2D eigenvalue weighted by atomic mass is 16.5. The van der Waals surface area contributed by atoms with Crippen molar-refractivity contribution in [3.8, 4) is 17.1 Å². The van der Waals surface area contributed by atoms with E-state index >= 15 is 0 Å². The first kappa shape index (κ1) is 24.3. The second-order valence-corrected chi connectivity index (χ2v) is 9.78. The van der Waals surface area contributed by atoms with Crippen molar-refractivity contribution >= 4 is 22.4 Å². The van der Waals surface area contributed by atoms with Crippen LogP contribution in [0.5, 0.6) is 0 Å². The quantitative estimate of drug-likeness (QED) is 0.325. The minimum atomic E-state index is 0.706. The Morgan fingerprint density at radius 1 is 0.947 bits per heavy atom. The van der Waals surface area contributed by atoms with Gasteiger partial charge < -0.3 is 14.6 Å². The Kier molecular flexibility index (Phi) is 6.86. The van der Waals surface area contributed by atoms with Gasteiger partial charge in [-0.15, -0.1) is 0 Å². The van der Waals surface area contributed by atoms with Crippen molar-refractivity contribution in [1.82, 2.24) is 19.4 Å². The molecule has 1 fully saturated rings. The smallest absolute Gasteiger partial charge is 0.0900 e. The molecule has 0 unspecified atom stereocenters. The molecule has 2 aromatic carbocycles. The van der Waals surface area contributed by atoms with Crippen LogP contribution in [0, 0.1) is 13.8 Å². The average Bonchev–Trinajstić information content (AvgIpc) is 2.94. The number of hydrogen-bond acceptors (Lipinski definition) is 6. The molecule has 7 heteroatoms. The van der Waals surface area contributed by atoms with E-state index in [1.165, 1.54) is 5.56 Å². The van der Waals surface area contributed by atoms with E-state index in [2.05, 4.69) is 81.3 Å². The van der Waals surface area contributed by atoms with Gasteiger partial charge in [-0.3, -0.25) is 14.9 Å². The van der Waals surface area contributed by atoms with Crippen LogP contribution in [0.1, 0.15) is 11.3 Å². The van der Waals surface area contributed by atoms with Crippen molar-refractivity contribution in [2.45, 2.75) is 13.8 Å². The van der Waals surface area contributed by atoms with Crippen molar-refractivity contribution in [1.29, 1.82) is 0 Å². The maximum atomic E-state index is 5.51. The molecule has 0 amide bonds. The molecule has 192 valence electrons. The fraction of sp³-hybridized carbons (Fsp3) is 0.258. The summed E-state index contributed by atoms with van der Waals surface area (Å²) in [6.45, 7) is 9.20. The first-order valence-corrected chi connectivity index (χ1v) is 13.2. The fourth-order valence-corrected chi connectivity index (χ4v) is 4.88. The van der Waals surface area contributed by atoms with Crippen LogP contribution in [0.25, 0.3) is 28.1 Å². The standard InChI is InChI=1S/C31H32N6O/c1-22-7-11-25(12-8-22)37-30-6-4-3-5-26(30)35-29-19-28(34-24-10-9-23(2)33-21-24)27(20-31(29)37)32-13-14-36-15-17-38-18-16-36/h3-12,19-21,34H,13-18H2,1-2H3/b32-27-. The molecular weight excluding hydrogens is 472 g/mol. The second-order valence-electron chi connectivity index (χ2n) is 9.78. The lowest BCUT2D eigenvalue weighted by molar-refractivity contribution is 0.0394. The number of hydrogen-bond donors (Lipinski definition) is 1. The summed E-state index contributed by atoms with van der Waals surface area (Å²) in [7, 11) is 0. The van der Waals surface area contributed by atoms with Crippen molar-refractivity contribution in [2.75, 3.05) is 44.7 Å². The Balaban J connectivity index is 1.51. The number of morpholine rings is 1. The topological polar surface area (TPSA) is 67.6 Å². The van der Waals surface area contributed by atoms with Crippen molar-refractivity contribution in [3.05, 3.63) is 95.6 Å². The first-order chi connectivity index (χ1) is 18.6. The molecule has 7 nitrogen and oxygen atoms in total. The summed E-state index contributed by atoms with van der Waals surface area (Å²) in [6, 6.07) is 25.3. The zero-order chi connectivity index (χ0) is 25.9. The molecule has 3 aromatic rings. The highest BCUT2D eigenvalue weighted by Crippen LogP contribution is 2.30. The number of fused-ring (bicyclic) bond motifs is 2. The molecular formula is C31H32N6O. The van der Waals surface area contributed by atoms with E-state index in [9.17, 15) is 0 Å². The van der Waals surface area contributed by atoms with Crippen LogP contribution in [0.2, 0.25) is 0 Å². The van der Waals surface area contributed by atoms with Crippen LogP contribution in [0.4, 0.5) is 11.4 Å². The molecule has 2 aliphatic heterocycles. The summed E-state index contributed by atoms with van der Waals surface area (Å²) < 4.78 is 7.79. The van der Waals surface area contributed by atoms with Gasteiger partial charge in [-0.05, 0) is 62.4 Å². The maximum absolute atomic E-state index is 5.51. The number of rotatable bonds is 6. The SMILES string of the molecule is Cc1ccc(-n2c3c/c(=N/CCN4CCOCC4)c(Nc4ccc(C)nc4)cc-3nc3ccccc32)cc1. The maximum Gasteiger partial charge on any atom is 0.0900 e. The number of nitrogens with one attached hydrogen (secondary N) is 1. The number of aromatic nitrogens is 3. The zero-order valence-corrected chi connectivity index (χ0v) is 21.9. The highest BCUT2D eigenvalue weighted by Gasteiger charge is 2.17. The summed E-state index contributed by atoms with van der Waals surface area (Å²) in [5, 5.41) is 4.46. The summed E-state index contributed by atoms with van der Waals surface area (Å²) in [5.41, 5.74) is 9.08. The molecule has 0 atom stereocenters. The number of aryl methyl sites for hydroxylation is 2. The zero-order valence-electron chi connectivity index (χ0n) is 21.9. The Morgan fingerprint density at radius 2 is 1.76 bits per heavy atom. The van der Waals surface area contributed by atoms with Gasteiger partial charge in [-0.25, -0.2) is 4.98 Å². The van der Waals surface area contributed by atoms with Gasteiger partial charge >= 0.3 is 0 Å². The number of pyridine rings is 1. The van der Waals surface area contributed by atoms with E-state index in [-0.39, 0.29) is 0 Å². The molecule has 6 rings (SSSR count). The number of para-hydroxylation sites is 2. The van der Waals surface area contributed by atoms with E-state index in [0.717, 1.165) is 83.4 Å². The predicted octanol–water partition coefficient (Wildman–Crippen LogP) is 5.12. The van der Waals surface area contributed by atoms with Gasteiger partial charge in [0.05, 0.1) is 65.1 Å². The molecule has 38 heavy (non-hydrogen) atoms. The third-order valence-corrected chi connectivity index (χ3v) is 6.98. The summed E-state index contributed by atoms with van der Waals surface area (Å²) in [4.78, 5) is 17.0. The Labute approximate surface area is 222 Å². The van der Waals surface area contributed by atoms with Crippen LogP contribution in [0.3, 0.4) is 0 Å². The number of nitrogens with zero attached hydrogens (tertiary/aromatic N) is 5. The highest BCUT2D eigenvalue weighted by molar-refractivity contribution is 5.84. The molecule has 1 N–H and O–H groups in total. The lowest BCUT2D eigenvalue weighted by Gasteiger charge is -2.25. The molecule has 3 heterocycles. The molecule has 0 radical (unpaired) electrons. The van der Waals surface area contributed by atoms with Crippen LogP contribution in [-0.4, -0.2) is 58.8 Å². The molecule has 0 spiro atoms. The molecule has 1 aliphatic carbocycles. The third-order valence-electron chi connectivity index (χ3n) is 6.98. The van der Waals surface area contributed by atoms with Crippen LogP contribution >= 0.6 is 0 Å². The first-order valence-electron chi connectivity index (χ1n) is 13.2. The molecule has 0 bridgehead atoms. The number of benzene rings is 3. The fourth-order valence-electron chi connectivity index (χ4n) is 4.88. The lowest BCUT2D eigenvalue weighted by atomic mass is 10.1. The normalized spacial score (nSPS) is 14.8. The number of ether oxygens (including phenoxy) is 1. The van der Waals surface area contributed by atoms with Gasteiger partial charge in [-0.1, -0.05) is 29.8 Å². The van der Waals surface area contributed by atoms with Gasteiger partial charge in [0.1, 0.15) is 0 Å². The van der Waals surface area contributed by atoms with Gasteiger partial charge in [0.15, 0.2) is 0 Å². The van der Waals surface area contributed by atoms with Gasteiger partial charge in [0.2, 0.25) is 0 Å². The van der Waals surface area contributed by atoms with E-state index in [4.69, 9.17) is 14.7 Å². The van der Waals surface area contributed by atoms with Crippen LogP contribution < -0.4 is 10.7 Å². The molecule has 1 aromatic heterocycles. The summed E-state index contributed by atoms with van der Waals surface area (Å²) in [5.74, 6) is 0. The predicted molar refractivity (Wildman–Crippen MR) is 152 cm³/mol. The Hall–Kier alpha value is -4.07. The molecule has 3 aliphatic rings. The van der Waals surface area contributed by atoms with Crippen LogP contribution in [0.15, 0.2) is 84.0 Å². The average molecular weight is 505 g/mol. The summed E-state index contributed by atoms with van der Waals surface area (Å²) in [6.07, 6.45) is 1.86. The number of anilines is 2. The van der Waals surface area contributed by atoms with Crippen molar-refractivity contribution in [2.24, 2.45) is 4.99 Å². The monoisotopic (exact) mass is 504 g/mol. The van der Waals surface area contributed by atoms with E-state index in [0.29, 0.717) is 6.54 Å². The van der Waals surface area contributed by atoms with Gasteiger partial charge in [-0.2, -0.15) is 0 Å². The minimum Gasteiger partial charge on any atom is -0.379 e. The van der Waals surface area contributed by atoms with Crippen molar-refractivity contribution in [3.63, 3.8) is 0 Å². The third kappa shape index (κ3) is 5.16. The lowest BCUT2D eigenvalue weighted by Crippen LogP contribution is -2.38. The van der Waals surface area contributed by atoms with Gasteiger partial charge in [0.25, 0.3) is 0 Å². The minimum absolute atomic E-state index is 0.706. The van der Waals surface area contributed by atoms with E-state index in [1.807, 2.05) is 31.3 Å². The molecule has 1 saturated heterocycles. The largest absolute Gasteiger partial charge is 0.379 e. The Bertz CT molecular complexity index is 1580. The van der Waals surface area contributed by atoms with E-state index in [1.54, 1.807) is 0 Å². The molecule has 0 saturated carbocycles. The Morgan fingerprint density at radius 3 is 2.55 bits per heavy atom. The second kappa shape index (κ2) is 10.7. The van der Waals surface area contributed by atoms with Crippen molar-refractivity contribution < 1.29 is 4.74 Å².